The van der Waals surface area contributed by atoms with E-state index in [1.807, 2.05) is 4.90 Å². The molecule has 0 atom stereocenters. The van der Waals surface area contributed by atoms with Gasteiger partial charge in [0, 0.05) is 25.2 Å². The lowest BCUT2D eigenvalue weighted by molar-refractivity contribution is -0.384. The molecule has 7 nitrogen and oxygen atoms in total. The Hall–Kier alpha value is -2.15. The second-order valence-corrected chi connectivity index (χ2v) is 4.20. The Morgan fingerprint density at radius 1 is 1.47 bits per heavy atom. The van der Waals surface area contributed by atoms with E-state index in [0.29, 0.717) is 25.7 Å². The molecule has 0 aromatic heterocycles. The quantitative estimate of drug-likeness (QED) is 0.376. The van der Waals surface area contributed by atoms with Gasteiger partial charge in [-0.3, -0.25) is 10.1 Å². The minimum Gasteiger partial charge on any atom is -0.378 e. The number of aliphatic imine (C=N–C) groups is 1. The number of benzene rings is 1. The summed E-state index contributed by atoms with van der Waals surface area (Å²) in [5, 5.41) is 10.7. The Morgan fingerprint density at radius 2 is 2.21 bits per heavy atom. The van der Waals surface area contributed by atoms with E-state index in [2.05, 4.69) is 4.99 Å². The molecular formula is C12H16N4O3. The van der Waals surface area contributed by atoms with E-state index in [0.717, 1.165) is 18.7 Å². The van der Waals surface area contributed by atoms with E-state index in [1.165, 1.54) is 12.1 Å². The number of hydrogen-bond donors (Lipinski definition) is 1. The smallest absolute Gasteiger partial charge is 0.269 e. The highest BCUT2D eigenvalue weighted by atomic mass is 16.6. The number of non-ortho nitro benzene ring substituents is 1. The van der Waals surface area contributed by atoms with Gasteiger partial charge in [-0.25, -0.2) is 4.99 Å². The third-order valence-electron chi connectivity index (χ3n) is 2.88. The zero-order valence-corrected chi connectivity index (χ0v) is 10.5. The molecule has 1 aromatic carbocycles. The second-order valence-electron chi connectivity index (χ2n) is 4.20. The molecule has 0 aliphatic carbocycles. The van der Waals surface area contributed by atoms with E-state index >= 15 is 0 Å². The van der Waals surface area contributed by atoms with Gasteiger partial charge in [-0.05, 0) is 5.56 Å². The number of ether oxygens (including phenoxy) is 1. The number of nitrogens with two attached hydrogens (primary N) is 1. The van der Waals surface area contributed by atoms with Crippen LogP contribution in [0.25, 0.3) is 0 Å². The van der Waals surface area contributed by atoms with Gasteiger partial charge in [0.25, 0.3) is 5.69 Å². The van der Waals surface area contributed by atoms with Crippen LogP contribution in [-0.2, 0) is 11.3 Å². The van der Waals surface area contributed by atoms with Gasteiger partial charge in [0.05, 0.1) is 24.7 Å². The third-order valence-corrected chi connectivity index (χ3v) is 2.88. The standard InChI is InChI=1S/C12H16N4O3/c13-12(15-4-6-19-7-5-15)14-9-10-2-1-3-11(8-10)16(17)18/h1-3,8H,4-7,9H2,(H2,13,14). The normalized spacial score (nSPS) is 16.4. The Bertz CT molecular complexity index is 484. The molecule has 19 heavy (non-hydrogen) atoms. The van der Waals surface area contributed by atoms with Crippen molar-refractivity contribution < 1.29 is 9.66 Å². The summed E-state index contributed by atoms with van der Waals surface area (Å²) in [4.78, 5) is 16.4. The van der Waals surface area contributed by atoms with Gasteiger partial charge < -0.3 is 15.4 Å². The van der Waals surface area contributed by atoms with Crippen LogP contribution in [0.3, 0.4) is 0 Å². The molecule has 0 amide bonds. The van der Waals surface area contributed by atoms with Crippen LogP contribution in [0.5, 0.6) is 0 Å². The number of nitro groups is 1. The Labute approximate surface area is 110 Å². The van der Waals surface area contributed by atoms with Crippen LogP contribution in [0.1, 0.15) is 5.56 Å². The fourth-order valence-electron chi connectivity index (χ4n) is 1.83. The van der Waals surface area contributed by atoms with Crippen molar-refractivity contribution in [2.75, 3.05) is 26.3 Å². The molecule has 1 saturated heterocycles. The molecule has 1 heterocycles. The first-order chi connectivity index (χ1) is 9.16. The molecule has 1 aromatic rings. The van der Waals surface area contributed by atoms with Gasteiger partial charge in [-0.15, -0.1) is 0 Å². The van der Waals surface area contributed by atoms with Crippen molar-refractivity contribution in [3.05, 3.63) is 39.9 Å². The predicted molar refractivity (Wildman–Crippen MR) is 70.8 cm³/mol. The lowest BCUT2D eigenvalue weighted by Crippen LogP contribution is -2.44. The van der Waals surface area contributed by atoms with E-state index in [1.54, 1.807) is 12.1 Å². The van der Waals surface area contributed by atoms with Crippen LogP contribution >= 0.6 is 0 Å². The van der Waals surface area contributed by atoms with Crippen molar-refractivity contribution in [2.45, 2.75) is 6.54 Å². The van der Waals surface area contributed by atoms with E-state index in [9.17, 15) is 10.1 Å². The van der Waals surface area contributed by atoms with Crippen LogP contribution in [-0.4, -0.2) is 42.1 Å². The summed E-state index contributed by atoms with van der Waals surface area (Å²) in [7, 11) is 0. The van der Waals surface area contributed by atoms with Gasteiger partial charge in [0.15, 0.2) is 5.96 Å². The van der Waals surface area contributed by atoms with Gasteiger partial charge >= 0.3 is 0 Å². The maximum atomic E-state index is 10.7. The monoisotopic (exact) mass is 264 g/mol. The van der Waals surface area contributed by atoms with Crippen LogP contribution in [0.4, 0.5) is 5.69 Å². The van der Waals surface area contributed by atoms with Crippen molar-refractivity contribution in [2.24, 2.45) is 10.7 Å². The first-order valence-electron chi connectivity index (χ1n) is 6.03. The highest BCUT2D eigenvalue weighted by Gasteiger charge is 2.12. The van der Waals surface area contributed by atoms with Crippen molar-refractivity contribution in [1.82, 2.24) is 4.90 Å². The first kappa shape index (κ1) is 13.3. The topological polar surface area (TPSA) is 94.0 Å². The lowest BCUT2D eigenvalue weighted by Gasteiger charge is -2.27. The average molecular weight is 264 g/mol. The summed E-state index contributed by atoms with van der Waals surface area (Å²) in [6, 6.07) is 6.41. The highest BCUT2D eigenvalue weighted by Crippen LogP contribution is 2.13. The SMILES string of the molecule is NC(=NCc1cccc([N+](=O)[O-])c1)N1CCOCC1. The molecule has 2 N–H and O–H groups in total. The molecule has 1 aliphatic heterocycles. The summed E-state index contributed by atoms with van der Waals surface area (Å²) < 4.78 is 5.23. The van der Waals surface area contributed by atoms with Crippen LogP contribution in [0.15, 0.2) is 29.3 Å². The molecule has 0 bridgehead atoms. The number of rotatable bonds is 3. The summed E-state index contributed by atoms with van der Waals surface area (Å²) >= 11 is 0. The highest BCUT2D eigenvalue weighted by molar-refractivity contribution is 5.78. The Morgan fingerprint density at radius 3 is 2.89 bits per heavy atom. The molecule has 1 aliphatic rings. The number of guanidine groups is 1. The molecule has 0 unspecified atom stereocenters. The summed E-state index contributed by atoms with van der Waals surface area (Å²) in [6.07, 6.45) is 0. The van der Waals surface area contributed by atoms with E-state index in [-0.39, 0.29) is 5.69 Å². The maximum absolute atomic E-state index is 10.7. The molecule has 0 saturated carbocycles. The van der Waals surface area contributed by atoms with E-state index < -0.39 is 4.92 Å². The predicted octanol–water partition coefficient (Wildman–Crippen LogP) is 0.742. The molecule has 7 heteroatoms. The van der Waals surface area contributed by atoms with Gasteiger partial charge in [-0.1, -0.05) is 12.1 Å². The third kappa shape index (κ3) is 3.65. The minimum absolute atomic E-state index is 0.0673. The summed E-state index contributed by atoms with van der Waals surface area (Å²) in [5.41, 5.74) is 6.72. The number of nitrogens with zero attached hydrogens (tertiary/aromatic N) is 3. The molecule has 0 radical (unpaired) electrons. The summed E-state index contributed by atoms with van der Waals surface area (Å²) in [5.74, 6) is 0.454. The van der Waals surface area contributed by atoms with Crippen molar-refractivity contribution >= 4 is 11.6 Å². The van der Waals surface area contributed by atoms with Crippen LogP contribution < -0.4 is 5.73 Å². The molecular weight excluding hydrogens is 248 g/mol. The molecule has 102 valence electrons. The Kier molecular flexibility index (Phi) is 4.30. The van der Waals surface area contributed by atoms with Gasteiger partial charge in [0.1, 0.15) is 0 Å². The number of nitro benzene ring substituents is 1. The first-order valence-corrected chi connectivity index (χ1v) is 6.03. The number of morpholine rings is 1. The average Bonchev–Trinajstić information content (AvgIpc) is 2.46. The molecule has 2 rings (SSSR count). The zero-order valence-electron chi connectivity index (χ0n) is 10.5. The van der Waals surface area contributed by atoms with Gasteiger partial charge in [0.2, 0.25) is 0 Å². The largest absolute Gasteiger partial charge is 0.378 e. The summed E-state index contributed by atoms with van der Waals surface area (Å²) in [6.45, 7) is 3.08. The maximum Gasteiger partial charge on any atom is 0.269 e. The van der Waals surface area contributed by atoms with Crippen LogP contribution in [0, 0.1) is 10.1 Å². The second kappa shape index (κ2) is 6.14. The fourth-order valence-corrected chi connectivity index (χ4v) is 1.83. The zero-order chi connectivity index (χ0) is 13.7. The van der Waals surface area contributed by atoms with Crippen molar-refractivity contribution in [3.63, 3.8) is 0 Å². The van der Waals surface area contributed by atoms with Gasteiger partial charge in [-0.2, -0.15) is 0 Å². The Balaban J connectivity index is 2.00. The molecule has 1 fully saturated rings. The van der Waals surface area contributed by atoms with Crippen molar-refractivity contribution in [1.29, 1.82) is 0 Å². The number of hydrogen-bond acceptors (Lipinski definition) is 4. The van der Waals surface area contributed by atoms with Crippen LogP contribution in [0.2, 0.25) is 0 Å². The lowest BCUT2D eigenvalue weighted by atomic mass is 10.2. The molecule has 0 spiro atoms. The van der Waals surface area contributed by atoms with Crippen molar-refractivity contribution in [3.8, 4) is 0 Å². The fraction of sp³-hybridized carbons (Fsp3) is 0.417. The van der Waals surface area contributed by atoms with E-state index in [4.69, 9.17) is 10.5 Å². The minimum atomic E-state index is -0.418.